The van der Waals surface area contributed by atoms with E-state index < -0.39 is 23.5 Å². The van der Waals surface area contributed by atoms with E-state index in [0.717, 1.165) is 0 Å². The second kappa shape index (κ2) is 10.6. The van der Waals surface area contributed by atoms with Crippen molar-refractivity contribution < 1.29 is 28.3 Å². The molecule has 12 nitrogen and oxygen atoms in total. The number of carbonyl (C=O) groups excluding carboxylic acids is 1. The van der Waals surface area contributed by atoms with Gasteiger partial charge in [0.05, 0.1) is 35.4 Å². The van der Waals surface area contributed by atoms with Gasteiger partial charge < -0.3 is 14.5 Å². The van der Waals surface area contributed by atoms with E-state index in [2.05, 4.69) is 25.7 Å². The molecule has 3 heterocycles. The maximum atomic E-state index is 14.2. The zero-order valence-electron chi connectivity index (χ0n) is 21.2. The molecule has 1 N–H and O–H groups in total. The van der Waals surface area contributed by atoms with Crippen molar-refractivity contribution in [2.24, 2.45) is 5.16 Å². The second-order valence-electron chi connectivity index (χ2n) is 9.15. The number of halogens is 2. The van der Waals surface area contributed by atoms with E-state index in [4.69, 9.17) is 9.94 Å². The summed E-state index contributed by atoms with van der Waals surface area (Å²) in [5, 5.41) is 24.2. The van der Waals surface area contributed by atoms with Crippen molar-refractivity contribution in [2.45, 2.75) is 26.2 Å². The van der Waals surface area contributed by atoms with Gasteiger partial charge in [-0.05, 0) is 58.5 Å². The second-order valence-corrected chi connectivity index (χ2v) is 9.15. The molecule has 0 aliphatic carbocycles. The fraction of sp³-hybridized carbons (Fsp3) is 0.148. The maximum absolute atomic E-state index is 14.2. The molecule has 0 saturated carbocycles. The number of fused-ring (bicyclic) bond motifs is 2. The monoisotopic (exact) mass is 558 g/mol. The fourth-order valence-corrected chi connectivity index (χ4v) is 4.60. The van der Waals surface area contributed by atoms with Gasteiger partial charge in [-0.2, -0.15) is 0 Å². The van der Waals surface area contributed by atoms with Crippen molar-refractivity contribution in [3.63, 3.8) is 0 Å². The van der Waals surface area contributed by atoms with E-state index in [-0.39, 0.29) is 30.0 Å². The number of aryl methyl sites for hydroxylation is 2. The molecule has 1 amide bonds. The van der Waals surface area contributed by atoms with Crippen molar-refractivity contribution in [2.75, 3.05) is 4.90 Å². The molecule has 41 heavy (non-hydrogen) atoms. The molecule has 0 bridgehead atoms. The molecule has 14 heteroatoms. The lowest BCUT2D eigenvalue weighted by molar-refractivity contribution is -0.112. The van der Waals surface area contributed by atoms with Gasteiger partial charge in [0.15, 0.2) is 5.71 Å². The Morgan fingerprint density at radius 1 is 1.00 bits per heavy atom. The lowest BCUT2D eigenvalue weighted by Crippen LogP contribution is -2.31. The molecule has 3 aromatic carbocycles. The summed E-state index contributed by atoms with van der Waals surface area (Å²) < 4.78 is 31.6. The summed E-state index contributed by atoms with van der Waals surface area (Å²) >= 11 is 0. The van der Waals surface area contributed by atoms with Crippen LogP contribution in [-0.2, 0) is 35.9 Å². The standard InChI is InChI=1S/C27H20F2N8O4/c28-18-5-7-22-20(11-18)25(32-41-14-16-1-3-17(4-2-16)27(39)40)26(38)37(22)13-24-31-21-12-19(29)6-8-23(21)36(24)10-9-35-15-30-33-34-35/h1-8,11-12,15H,9-10,13-14H2,(H,39,40). The maximum Gasteiger partial charge on any atom is 0.335 e. The van der Waals surface area contributed by atoms with Crippen molar-refractivity contribution in [1.29, 1.82) is 0 Å². The Morgan fingerprint density at radius 3 is 2.54 bits per heavy atom. The zero-order chi connectivity index (χ0) is 28.5. The first kappa shape index (κ1) is 25.7. The third kappa shape index (κ3) is 5.09. The van der Waals surface area contributed by atoms with Gasteiger partial charge in [0.1, 0.15) is 30.4 Å². The number of rotatable bonds is 9. The summed E-state index contributed by atoms with van der Waals surface area (Å²) in [7, 11) is 0. The molecule has 0 unspecified atom stereocenters. The Bertz CT molecular complexity index is 1800. The molecule has 6 rings (SSSR count). The van der Waals surface area contributed by atoms with Crippen LogP contribution in [0.15, 0.2) is 72.1 Å². The van der Waals surface area contributed by atoms with Crippen LogP contribution < -0.4 is 4.90 Å². The summed E-state index contributed by atoms with van der Waals surface area (Å²) in [6.07, 6.45) is 1.47. The number of hydrogen-bond acceptors (Lipinski definition) is 8. The molecule has 0 saturated heterocycles. The zero-order valence-corrected chi connectivity index (χ0v) is 21.2. The number of carboxylic acid groups (broad SMARTS) is 1. The summed E-state index contributed by atoms with van der Waals surface area (Å²) in [6, 6.07) is 14.2. The summed E-state index contributed by atoms with van der Waals surface area (Å²) in [4.78, 5) is 36.0. The van der Waals surface area contributed by atoms with Crippen LogP contribution in [0.3, 0.4) is 0 Å². The number of benzene rings is 3. The number of nitrogens with zero attached hydrogens (tertiary/aromatic N) is 8. The number of amides is 1. The summed E-state index contributed by atoms with van der Waals surface area (Å²) in [5.74, 6) is -2.13. The van der Waals surface area contributed by atoms with Crippen molar-refractivity contribution in [3.8, 4) is 0 Å². The Balaban J connectivity index is 1.29. The van der Waals surface area contributed by atoms with E-state index in [1.807, 2.05) is 4.57 Å². The molecule has 0 fully saturated rings. The quantitative estimate of drug-likeness (QED) is 0.272. The van der Waals surface area contributed by atoms with Gasteiger partial charge >= 0.3 is 5.97 Å². The van der Waals surface area contributed by atoms with Gasteiger partial charge in [-0.3, -0.25) is 9.69 Å². The largest absolute Gasteiger partial charge is 0.478 e. The predicted octanol–water partition coefficient (Wildman–Crippen LogP) is 3.17. The van der Waals surface area contributed by atoms with Crippen LogP contribution in [0.1, 0.15) is 27.3 Å². The highest BCUT2D eigenvalue weighted by molar-refractivity contribution is 6.54. The van der Waals surface area contributed by atoms with Crippen LogP contribution in [0.2, 0.25) is 0 Å². The molecule has 1 aliphatic heterocycles. The molecule has 0 atom stereocenters. The first-order valence-electron chi connectivity index (χ1n) is 12.4. The Kier molecular flexibility index (Phi) is 6.63. The minimum Gasteiger partial charge on any atom is -0.478 e. The van der Waals surface area contributed by atoms with Gasteiger partial charge in [0.2, 0.25) is 0 Å². The predicted molar refractivity (Wildman–Crippen MR) is 140 cm³/mol. The molecule has 0 radical (unpaired) electrons. The van der Waals surface area contributed by atoms with Crippen molar-refractivity contribution in [3.05, 3.63) is 101 Å². The summed E-state index contributed by atoms with van der Waals surface area (Å²) in [5.41, 5.74) is 2.39. The average Bonchev–Trinajstić information content (AvgIpc) is 3.65. The number of carboxylic acids is 1. The minimum absolute atomic E-state index is 0.0148. The topological polar surface area (TPSA) is 141 Å². The minimum atomic E-state index is -1.05. The number of anilines is 1. The number of imidazole rings is 1. The number of oxime groups is 1. The first-order valence-corrected chi connectivity index (χ1v) is 12.4. The normalized spacial score (nSPS) is 13.8. The van der Waals surface area contributed by atoms with Gasteiger partial charge in [0, 0.05) is 18.2 Å². The molecular formula is C27H20F2N8O4. The van der Waals surface area contributed by atoms with Gasteiger partial charge in [-0.15, -0.1) is 5.10 Å². The highest BCUT2D eigenvalue weighted by Crippen LogP contribution is 2.32. The SMILES string of the molecule is O=C(O)c1ccc(CON=C2C(=O)N(Cc3nc4cc(F)ccc4n3CCn3cnnn3)c3ccc(F)cc32)cc1. The number of tetrazole rings is 1. The van der Waals surface area contributed by atoms with Crippen LogP contribution in [-0.4, -0.2) is 52.5 Å². The van der Waals surface area contributed by atoms with Crippen molar-refractivity contribution >= 4 is 34.3 Å². The lowest BCUT2D eigenvalue weighted by Gasteiger charge is -2.18. The number of hydrogen-bond donors (Lipinski definition) is 1. The highest BCUT2D eigenvalue weighted by atomic mass is 19.1. The molecular weight excluding hydrogens is 538 g/mol. The van der Waals surface area contributed by atoms with Crippen LogP contribution in [0, 0.1) is 11.6 Å². The Labute approximate surface area is 230 Å². The Morgan fingerprint density at radius 2 is 1.78 bits per heavy atom. The van der Waals surface area contributed by atoms with Crippen molar-refractivity contribution in [1.82, 2.24) is 29.8 Å². The summed E-state index contributed by atoms with van der Waals surface area (Å²) in [6.45, 7) is 0.719. The lowest BCUT2D eigenvalue weighted by atomic mass is 10.1. The third-order valence-corrected chi connectivity index (χ3v) is 6.57. The van der Waals surface area contributed by atoms with Crippen LogP contribution >= 0.6 is 0 Å². The van der Waals surface area contributed by atoms with E-state index in [1.165, 1.54) is 58.4 Å². The molecule has 1 aliphatic rings. The average molecular weight is 559 g/mol. The number of carbonyl (C=O) groups is 2. The molecule has 5 aromatic rings. The Hall–Kier alpha value is -5.53. The van der Waals surface area contributed by atoms with E-state index in [1.54, 1.807) is 18.2 Å². The third-order valence-electron chi connectivity index (χ3n) is 6.57. The first-order chi connectivity index (χ1) is 19.9. The van der Waals surface area contributed by atoms with E-state index in [0.29, 0.717) is 41.2 Å². The molecule has 0 spiro atoms. The fourth-order valence-electron chi connectivity index (χ4n) is 4.60. The van der Waals surface area contributed by atoms with Crippen LogP contribution in [0.5, 0.6) is 0 Å². The highest BCUT2D eigenvalue weighted by Gasteiger charge is 2.36. The smallest absolute Gasteiger partial charge is 0.335 e. The van der Waals surface area contributed by atoms with Gasteiger partial charge in [0.25, 0.3) is 5.91 Å². The van der Waals surface area contributed by atoms with E-state index in [9.17, 15) is 18.4 Å². The molecule has 206 valence electrons. The van der Waals surface area contributed by atoms with E-state index >= 15 is 0 Å². The number of aromatic carboxylic acids is 1. The van der Waals surface area contributed by atoms with Crippen LogP contribution in [0.4, 0.5) is 14.5 Å². The van der Waals surface area contributed by atoms with Gasteiger partial charge in [-0.25, -0.2) is 23.2 Å². The van der Waals surface area contributed by atoms with Crippen LogP contribution in [0.25, 0.3) is 11.0 Å². The number of aromatic nitrogens is 6. The molecule has 2 aromatic heterocycles. The van der Waals surface area contributed by atoms with Gasteiger partial charge in [-0.1, -0.05) is 17.3 Å².